The first-order valence-electron chi connectivity index (χ1n) is 5.79. The lowest BCUT2D eigenvalue weighted by Crippen LogP contribution is -2.58. The second-order valence-corrected chi connectivity index (χ2v) is 5.01. The van der Waals surface area contributed by atoms with Crippen molar-refractivity contribution in [3.05, 3.63) is 12.7 Å². The Hall–Kier alpha value is -0.870. The van der Waals surface area contributed by atoms with Crippen molar-refractivity contribution in [3.8, 4) is 0 Å². The highest BCUT2D eigenvalue weighted by atomic mass is 16.1. The number of amides is 1. The Morgan fingerprint density at radius 2 is 2.19 bits per heavy atom. The minimum absolute atomic E-state index is 0.0895. The standard InChI is InChI=1S/C12H23N3O/c1-5-11(16)13-6-7-15-9-8-14(4)12(2,3)10-15/h5H,1,6-10H2,2-4H3,(H,13,16). The molecule has 1 aliphatic heterocycles. The molecular formula is C12H23N3O. The van der Waals surface area contributed by atoms with Crippen molar-refractivity contribution < 1.29 is 4.79 Å². The van der Waals surface area contributed by atoms with Gasteiger partial charge in [-0.05, 0) is 27.0 Å². The molecule has 1 heterocycles. The number of nitrogens with zero attached hydrogens (tertiary/aromatic N) is 2. The lowest BCUT2D eigenvalue weighted by molar-refractivity contribution is -0.116. The third-order valence-corrected chi connectivity index (χ3v) is 3.31. The second-order valence-electron chi connectivity index (χ2n) is 5.01. The van der Waals surface area contributed by atoms with Gasteiger partial charge in [0.1, 0.15) is 0 Å². The number of rotatable bonds is 4. The average Bonchev–Trinajstić information content (AvgIpc) is 2.22. The van der Waals surface area contributed by atoms with Crippen LogP contribution in [0.25, 0.3) is 0 Å². The molecule has 0 atom stereocenters. The van der Waals surface area contributed by atoms with E-state index in [0.717, 1.165) is 26.2 Å². The van der Waals surface area contributed by atoms with E-state index in [1.165, 1.54) is 6.08 Å². The lowest BCUT2D eigenvalue weighted by atomic mass is 10.00. The predicted octanol–water partition coefficient (Wildman–Crippen LogP) is 0.315. The highest BCUT2D eigenvalue weighted by Crippen LogP contribution is 2.17. The smallest absolute Gasteiger partial charge is 0.243 e. The number of carbonyl (C=O) groups excluding carboxylic acids is 1. The number of likely N-dealkylation sites (N-methyl/N-ethyl adjacent to an activating group) is 1. The zero-order valence-corrected chi connectivity index (χ0v) is 10.6. The highest BCUT2D eigenvalue weighted by Gasteiger charge is 2.30. The molecule has 0 radical (unpaired) electrons. The molecule has 1 aliphatic rings. The van der Waals surface area contributed by atoms with Crippen molar-refractivity contribution in [2.24, 2.45) is 0 Å². The maximum absolute atomic E-state index is 11.0. The second kappa shape index (κ2) is 5.46. The van der Waals surface area contributed by atoms with E-state index in [2.05, 4.69) is 42.6 Å². The minimum atomic E-state index is -0.0895. The van der Waals surface area contributed by atoms with E-state index in [9.17, 15) is 4.79 Å². The Morgan fingerprint density at radius 3 is 2.75 bits per heavy atom. The average molecular weight is 225 g/mol. The van der Waals surface area contributed by atoms with E-state index in [0.29, 0.717) is 6.54 Å². The van der Waals surface area contributed by atoms with Crippen LogP contribution in [0.15, 0.2) is 12.7 Å². The molecule has 4 nitrogen and oxygen atoms in total. The lowest BCUT2D eigenvalue weighted by Gasteiger charge is -2.45. The summed E-state index contributed by atoms with van der Waals surface area (Å²) in [5.41, 5.74) is 0.223. The molecule has 1 N–H and O–H groups in total. The van der Waals surface area contributed by atoms with Crippen molar-refractivity contribution in [2.75, 3.05) is 39.8 Å². The number of nitrogens with one attached hydrogen (secondary N) is 1. The van der Waals surface area contributed by atoms with E-state index < -0.39 is 0 Å². The van der Waals surface area contributed by atoms with Crippen LogP contribution in [0.1, 0.15) is 13.8 Å². The summed E-state index contributed by atoms with van der Waals surface area (Å²) in [6.45, 7) is 12.8. The van der Waals surface area contributed by atoms with Crippen LogP contribution < -0.4 is 5.32 Å². The van der Waals surface area contributed by atoms with Crippen molar-refractivity contribution in [1.29, 1.82) is 0 Å². The van der Waals surface area contributed by atoms with Gasteiger partial charge in [0.15, 0.2) is 0 Å². The molecule has 0 aliphatic carbocycles. The highest BCUT2D eigenvalue weighted by molar-refractivity contribution is 5.86. The molecule has 92 valence electrons. The first-order valence-corrected chi connectivity index (χ1v) is 5.79. The van der Waals surface area contributed by atoms with Crippen LogP contribution in [-0.2, 0) is 4.79 Å². The topological polar surface area (TPSA) is 35.6 Å². The van der Waals surface area contributed by atoms with Gasteiger partial charge in [0.25, 0.3) is 0 Å². The SMILES string of the molecule is C=CC(=O)NCCN1CCN(C)C(C)(C)C1. The number of piperazine rings is 1. The van der Waals surface area contributed by atoms with Crippen LogP contribution in [0.4, 0.5) is 0 Å². The Balaban J connectivity index is 2.29. The Morgan fingerprint density at radius 1 is 1.50 bits per heavy atom. The Labute approximate surface area is 98.3 Å². The summed E-state index contributed by atoms with van der Waals surface area (Å²) in [5, 5.41) is 2.81. The molecule has 0 aromatic carbocycles. The van der Waals surface area contributed by atoms with E-state index >= 15 is 0 Å². The van der Waals surface area contributed by atoms with Gasteiger partial charge >= 0.3 is 0 Å². The third kappa shape index (κ3) is 3.61. The van der Waals surface area contributed by atoms with Crippen LogP contribution >= 0.6 is 0 Å². The fraction of sp³-hybridized carbons (Fsp3) is 0.750. The molecule has 1 fully saturated rings. The fourth-order valence-electron chi connectivity index (χ4n) is 1.94. The van der Waals surface area contributed by atoms with Crippen molar-refractivity contribution in [2.45, 2.75) is 19.4 Å². The van der Waals surface area contributed by atoms with E-state index in [-0.39, 0.29) is 11.4 Å². The molecule has 0 unspecified atom stereocenters. The van der Waals surface area contributed by atoms with Gasteiger partial charge < -0.3 is 5.32 Å². The third-order valence-electron chi connectivity index (χ3n) is 3.31. The van der Waals surface area contributed by atoms with Gasteiger partial charge in [0.05, 0.1) is 0 Å². The van der Waals surface area contributed by atoms with Gasteiger partial charge in [-0.25, -0.2) is 0 Å². The van der Waals surface area contributed by atoms with Gasteiger partial charge in [-0.1, -0.05) is 6.58 Å². The summed E-state index contributed by atoms with van der Waals surface area (Å²) in [7, 11) is 2.16. The molecular weight excluding hydrogens is 202 g/mol. The maximum Gasteiger partial charge on any atom is 0.243 e. The normalized spacial score (nSPS) is 21.7. The van der Waals surface area contributed by atoms with Crippen molar-refractivity contribution in [3.63, 3.8) is 0 Å². The largest absolute Gasteiger partial charge is 0.351 e. The van der Waals surface area contributed by atoms with Crippen LogP contribution in [0.5, 0.6) is 0 Å². The quantitative estimate of drug-likeness (QED) is 0.700. The van der Waals surface area contributed by atoms with E-state index in [1.807, 2.05) is 0 Å². The summed E-state index contributed by atoms with van der Waals surface area (Å²) < 4.78 is 0. The van der Waals surface area contributed by atoms with Gasteiger partial charge in [0.2, 0.25) is 5.91 Å². The zero-order chi connectivity index (χ0) is 12.2. The molecule has 0 spiro atoms. The first-order chi connectivity index (χ1) is 7.45. The van der Waals surface area contributed by atoms with Crippen LogP contribution in [0, 0.1) is 0 Å². The van der Waals surface area contributed by atoms with Gasteiger partial charge in [-0.2, -0.15) is 0 Å². The fourth-order valence-corrected chi connectivity index (χ4v) is 1.94. The molecule has 1 amide bonds. The molecule has 0 saturated carbocycles. The number of hydrogen-bond acceptors (Lipinski definition) is 3. The molecule has 1 rings (SSSR count). The summed E-state index contributed by atoms with van der Waals surface area (Å²) in [6.07, 6.45) is 1.31. The molecule has 1 saturated heterocycles. The summed E-state index contributed by atoms with van der Waals surface area (Å²) in [4.78, 5) is 15.7. The van der Waals surface area contributed by atoms with Crippen molar-refractivity contribution in [1.82, 2.24) is 15.1 Å². The molecule has 0 bridgehead atoms. The number of carbonyl (C=O) groups is 1. The minimum Gasteiger partial charge on any atom is -0.351 e. The van der Waals surface area contributed by atoms with E-state index in [1.54, 1.807) is 0 Å². The summed E-state index contributed by atoms with van der Waals surface area (Å²) in [5.74, 6) is -0.0895. The van der Waals surface area contributed by atoms with E-state index in [4.69, 9.17) is 0 Å². The zero-order valence-electron chi connectivity index (χ0n) is 10.6. The van der Waals surface area contributed by atoms with Gasteiger partial charge in [0, 0.05) is 38.3 Å². The molecule has 0 aromatic rings. The maximum atomic E-state index is 11.0. The predicted molar refractivity (Wildman–Crippen MR) is 66.4 cm³/mol. The molecule has 16 heavy (non-hydrogen) atoms. The van der Waals surface area contributed by atoms with Crippen LogP contribution in [-0.4, -0.2) is 61.0 Å². The Bertz CT molecular complexity index is 263. The number of hydrogen-bond donors (Lipinski definition) is 1. The van der Waals surface area contributed by atoms with Gasteiger partial charge in [-0.3, -0.25) is 14.6 Å². The summed E-state index contributed by atoms with van der Waals surface area (Å²) >= 11 is 0. The van der Waals surface area contributed by atoms with Crippen LogP contribution in [0.2, 0.25) is 0 Å². The molecule has 0 aromatic heterocycles. The van der Waals surface area contributed by atoms with Gasteiger partial charge in [-0.15, -0.1) is 0 Å². The monoisotopic (exact) mass is 225 g/mol. The molecule has 4 heteroatoms. The summed E-state index contributed by atoms with van der Waals surface area (Å²) in [6, 6.07) is 0. The first kappa shape index (κ1) is 13.2. The van der Waals surface area contributed by atoms with Crippen molar-refractivity contribution >= 4 is 5.91 Å². The Kier molecular flexibility index (Phi) is 4.50. The van der Waals surface area contributed by atoms with Crippen LogP contribution in [0.3, 0.4) is 0 Å².